The summed E-state index contributed by atoms with van der Waals surface area (Å²) in [5.74, 6) is -1.67. The monoisotopic (exact) mass is 603 g/mol. The number of hydrogen-bond donors (Lipinski definition) is 7. The lowest BCUT2D eigenvalue weighted by molar-refractivity contribution is -0.131. The van der Waals surface area contributed by atoms with Crippen LogP contribution in [0.25, 0.3) is 0 Å². The number of nitrogens with zero attached hydrogens (tertiary/aromatic N) is 1. The summed E-state index contributed by atoms with van der Waals surface area (Å²) in [6, 6.07) is 6.46. The first-order valence-electron chi connectivity index (χ1n) is 15.1. The number of nitrogens with two attached hydrogens (primary N) is 2. The highest BCUT2D eigenvalue weighted by molar-refractivity contribution is 5.91. The quantitative estimate of drug-likeness (QED) is 0.0826. The molecule has 1 fully saturated rings. The Morgan fingerprint density at radius 1 is 0.977 bits per heavy atom. The first kappa shape index (κ1) is 35.3. The normalized spacial score (nSPS) is 16.2. The van der Waals surface area contributed by atoms with Gasteiger partial charge < -0.3 is 42.6 Å². The molecule has 4 atom stereocenters. The molecule has 9 N–H and O–H groups in total. The molecule has 1 aliphatic carbocycles. The van der Waals surface area contributed by atoms with Crippen molar-refractivity contribution in [3.63, 3.8) is 0 Å². The van der Waals surface area contributed by atoms with Gasteiger partial charge in [0, 0.05) is 12.6 Å². The first-order valence-corrected chi connectivity index (χ1v) is 15.1. The minimum atomic E-state index is -1.11. The SMILES string of the molecule is CC(C)[C@H](NC(=O)[C@H](C)NC(=O)[C@H](CCCN=C(N)N)NC(=O)OCc1ccccc1)[C@@H](O)CC(=O)NC1CCCCC1. The molecule has 0 spiro atoms. The Kier molecular flexibility index (Phi) is 15.3. The van der Waals surface area contributed by atoms with E-state index in [4.69, 9.17) is 16.2 Å². The molecular weight excluding hydrogens is 554 g/mol. The van der Waals surface area contributed by atoms with Crippen molar-refractivity contribution < 1.29 is 29.0 Å². The molecule has 0 bridgehead atoms. The minimum absolute atomic E-state index is 0.0193. The number of rotatable bonds is 16. The molecule has 43 heavy (non-hydrogen) atoms. The molecule has 0 aliphatic heterocycles. The summed E-state index contributed by atoms with van der Waals surface area (Å²) in [6.45, 7) is 5.41. The van der Waals surface area contributed by atoms with Gasteiger partial charge in [-0.15, -0.1) is 0 Å². The molecule has 4 amide bonds. The van der Waals surface area contributed by atoms with E-state index in [9.17, 15) is 24.3 Å². The molecule has 2 rings (SSSR count). The van der Waals surface area contributed by atoms with Crippen molar-refractivity contribution in [2.24, 2.45) is 22.4 Å². The minimum Gasteiger partial charge on any atom is -0.445 e. The second kappa shape index (κ2) is 18.6. The highest BCUT2D eigenvalue weighted by atomic mass is 16.5. The van der Waals surface area contributed by atoms with Crippen LogP contribution in [0.2, 0.25) is 0 Å². The first-order chi connectivity index (χ1) is 20.5. The molecule has 0 unspecified atom stereocenters. The Balaban J connectivity index is 1.94. The molecule has 1 saturated carbocycles. The predicted molar refractivity (Wildman–Crippen MR) is 163 cm³/mol. The van der Waals surface area contributed by atoms with Crippen LogP contribution in [0.15, 0.2) is 35.3 Å². The van der Waals surface area contributed by atoms with Gasteiger partial charge in [0.15, 0.2) is 5.96 Å². The van der Waals surface area contributed by atoms with Crippen molar-refractivity contribution in [1.29, 1.82) is 0 Å². The highest BCUT2D eigenvalue weighted by Gasteiger charge is 2.30. The molecule has 13 nitrogen and oxygen atoms in total. The van der Waals surface area contributed by atoms with Crippen LogP contribution < -0.4 is 32.7 Å². The average Bonchev–Trinajstić information content (AvgIpc) is 2.96. The van der Waals surface area contributed by atoms with Gasteiger partial charge >= 0.3 is 6.09 Å². The van der Waals surface area contributed by atoms with Crippen LogP contribution in [-0.2, 0) is 25.7 Å². The zero-order chi connectivity index (χ0) is 31.8. The molecule has 0 radical (unpaired) electrons. The largest absolute Gasteiger partial charge is 0.445 e. The van der Waals surface area contributed by atoms with Crippen molar-refractivity contribution in [2.75, 3.05) is 6.54 Å². The Morgan fingerprint density at radius 2 is 1.65 bits per heavy atom. The van der Waals surface area contributed by atoms with Crippen molar-refractivity contribution in [3.8, 4) is 0 Å². The van der Waals surface area contributed by atoms with Crippen LogP contribution >= 0.6 is 0 Å². The third-order valence-corrected chi connectivity index (χ3v) is 7.33. The van der Waals surface area contributed by atoms with Gasteiger partial charge in [-0.2, -0.15) is 0 Å². The fourth-order valence-corrected chi connectivity index (χ4v) is 4.91. The predicted octanol–water partition coefficient (Wildman–Crippen LogP) is 1.18. The number of guanidine groups is 1. The van der Waals surface area contributed by atoms with E-state index in [2.05, 4.69) is 26.3 Å². The van der Waals surface area contributed by atoms with Gasteiger partial charge in [0.25, 0.3) is 0 Å². The Hall–Kier alpha value is -3.87. The molecule has 1 aromatic carbocycles. The number of carbonyl (C=O) groups excluding carboxylic acids is 4. The molecule has 0 saturated heterocycles. The number of aliphatic hydroxyl groups is 1. The Morgan fingerprint density at radius 3 is 2.28 bits per heavy atom. The van der Waals surface area contributed by atoms with Crippen LogP contribution in [0.4, 0.5) is 4.79 Å². The number of aliphatic imine (C=N–C) groups is 1. The lowest BCUT2D eigenvalue weighted by Gasteiger charge is -2.30. The fraction of sp³-hybridized carbons (Fsp3) is 0.633. The number of amides is 4. The summed E-state index contributed by atoms with van der Waals surface area (Å²) < 4.78 is 5.25. The maximum absolute atomic E-state index is 13.1. The molecule has 1 aliphatic rings. The van der Waals surface area contributed by atoms with Crippen molar-refractivity contribution in [2.45, 2.75) is 109 Å². The van der Waals surface area contributed by atoms with Crippen molar-refractivity contribution in [3.05, 3.63) is 35.9 Å². The highest BCUT2D eigenvalue weighted by Crippen LogP contribution is 2.18. The number of nitrogens with one attached hydrogen (secondary N) is 4. The molecular formula is C30H49N7O6. The number of alkyl carbamates (subject to hydrolysis) is 1. The third-order valence-electron chi connectivity index (χ3n) is 7.33. The molecule has 0 aromatic heterocycles. The fourth-order valence-electron chi connectivity index (χ4n) is 4.91. The molecule has 240 valence electrons. The second-order valence-electron chi connectivity index (χ2n) is 11.4. The number of hydrogen-bond acceptors (Lipinski definition) is 7. The van der Waals surface area contributed by atoms with E-state index < -0.39 is 42.1 Å². The number of ether oxygens (including phenoxy) is 1. The number of carbonyl (C=O) groups is 4. The van der Waals surface area contributed by atoms with Crippen LogP contribution in [0, 0.1) is 5.92 Å². The van der Waals surface area contributed by atoms with Gasteiger partial charge in [-0.25, -0.2) is 4.79 Å². The van der Waals surface area contributed by atoms with Gasteiger partial charge in [0.2, 0.25) is 17.7 Å². The number of benzene rings is 1. The van der Waals surface area contributed by atoms with E-state index in [-0.39, 0.29) is 49.8 Å². The lowest BCUT2D eigenvalue weighted by atomic mass is 9.94. The third kappa shape index (κ3) is 13.8. The zero-order valence-corrected chi connectivity index (χ0v) is 25.5. The molecule has 0 heterocycles. The van der Waals surface area contributed by atoms with Crippen LogP contribution in [-0.4, -0.2) is 71.7 Å². The van der Waals surface area contributed by atoms with Gasteiger partial charge in [-0.05, 0) is 44.1 Å². The van der Waals surface area contributed by atoms with Gasteiger partial charge in [-0.3, -0.25) is 19.4 Å². The molecule has 1 aromatic rings. The van der Waals surface area contributed by atoms with E-state index in [1.54, 1.807) is 12.1 Å². The summed E-state index contributed by atoms with van der Waals surface area (Å²) in [7, 11) is 0. The van der Waals surface area contributed by atoms with E-state index in [0.29, 0.717) is 6.42 Å². The van der Waals surface area contributed by atoms with E-state index in [1.807, 2.05) is 32.0 Å². The summed E-state index contributed by atoms with van der Waals surface area (Å²) in [5.41, 5.74) is 11.5. The number of aliphatic hydroxyl groups excluding tert-OH is 1. The van der Waals surface area contributed by atoms with Gasteiger partial charge in [-0.1, -0.05) is 63.4 Å². The summed E-state index contributed by atoms with van der Waals surface area (Å²) in [4.78, 5) is 55.1. The smallest absolute Gasteiger partial charge is 0.408 e. The Labute approximate surface area is 254 Å². The van der Waals surface area contributed by atoms with Crippen LogP contribution in [0.3, 0.4) is 0 Å². The van der Waals surface area contributed by atoms with Gasteiger partial charge in [0.1, 0.15) is 18.7 Å². The van der Waals surface area contributed by atoms with Crippen molar-refractivity contribution in [1.82, 2.24) is 21.3 Å². The summed E-state index contributed by atoms with van der Waals surface area (Å²) in [6.07, 6.45) is 3.67. The summed E-state index contributed by atoms with van der Waals surface area (Å²) in [5, 5.41) is 21.7. The maximum atomic E-state index is 13.1. The zero-order valence-electron chi connectivity index (χ0n) is 25.5. The van der Waals surface area contributed by atoms with E-state index in [1.165, 1.54) is 6.92 Å². The van der Waals surface area contributed by atoms with E-state index in [0.717, 1.165) is 37.7 Å². The Bertz CT molecular complexity index is 1060. The second-order valence-corrected chi connectivity index (χ2v) is 11.4. The van der Waals surface area contributed by atoms with Crippen molar-refractivity contribution >= 4 is 29.8 Å². The topological polar surface area (TPSA) is 210 Å². The average molecular weight is 604 g/mol. The standard InChI is InChI=1S/C30H49N7O6/c1-19(2)26(24(38)17-25(39)35-22-13-8-5-9-14-22)37-27(40)20(3)34-28(41)23(15-10-16-33-29(31)32)36-30(42)43-18-21-11-6-4-7-12-21/h4,6-7,11-12,19-20,22-24,26,38H,5,8-10,13-18H2,1-3H3,(H,34,41)(H,35,39)(H,36,42)(H,37,40)(H4,31,32,33)/t20-,23-,24-,26-/m0/s1. The van der Waals surface area contributed by atoms with Crippen LogP contribution in [0.5, 0.6) is 0 Å². The van der Waals surface area contributed by atoms with Crippen LogP contribution in [0.1, 0.15) is 77.7 Å². The lowest BCUT2D eigenvalue weighted by Crippen LogP contribution is -2.56. The molecule has 13 heteroatoms. The van der Waals surface area contributed by atoms with E-state index >= 15 is 0 Å². The van der Waals surface area contributed by atoms with Gasteiger partial charge in [0.05, 0.1) is 18.6 Å². The maximum Gasteiger partial charge on any atom is 0.408 e. The summed E-state index contributed by atoms with van der Waals surface area (Å²) >= 11 is 0.